The van der Waals surface area contributed by atoms with Crippen molar-refractivity contribution in [2.75, 3.05) is 37.8 Å². The van der Waals surface area contributed by atoms with Crippen molar-refractivity contribution in [2.24, 2.45) is 0 Å². The zero-order chi connectivity index (χ0) is 31.2. The predicted molar refractivity (Wildman–Crippen MR) is 173 cm³/mol. The van der Waals surface area contributed by atoms with Crippen molar-refractivity contribution in [3.63, 3.8) is 0 Å². The van der Waals surface area contributed by atoms with Gasteiger partial charge in [-0.15, -0.1) is 0 Å². The molecule has 0 saturated carbocycles. The van der Waals surface area contributed by atoms with E-state index in [0.29, 0.717) is 46.1 Å². The van der Waals surface area contributed by atoms with E-state index in [4.69, 9.17) is 9.47 Å². The van der Waals surface area contributed by atoms with Crippen molar-refractivity contribution >= 4 is 32.5 Å². The van der Waals surface area contributed by atoms with Crippen LogP contribution in [0.1, 0.15) is 24.8 Å². The summed E-state index contributed by atoms with van der Waals surface area (Å²) in [7, 11) is -1.83. The highest BCUT2D eigenvalue weighted by Crippen LogP contribution is 2.35. The molecule has 10 nitrogen and oxygen atoms in total. The summed E-state index contributed by atoms with van der Waals surface area (Å²) in [4.78, 5) is 7.62. The van der Waals surface area contributed by atoms with Crippen LogP contribution in [0.15, 0.2) is 95.9 Å². The Kier molecular flexibility index (Phi) is 9.08. The average Bonchev–Trinajstić information content (AvgIpc) is 3.58. The molecule has 4 aromatic carbocycles. The molecule has 5 aromatic rings. The molecule has 0 atom stereocenters. The van der Waals surface area contributed by atoms with Gasteiger partial charge in [-0.2, -0.15) is 0 Å². The number of benzene rings is 4. The number of fused-ring (bicyclic) bond motifs is 1. The molecule has 0 amide bonds. The third-order valence-electron chi connectivity index (χ3n) is 7.86. The Labute approximate surface area is 262 Å². The van der Waals surface area contributed by atoms with Gasteiger partial charge in [0.1, 0.15) is 23.6 Å². The van der Waals surface area contributed by atoms with E-state index in [1.165, 1.54) is 12.8 Å². The summed E-state index contributed by atoms with van der Waals surface area (Å²) in [5.74, 6) is 1.40. The molecule has 2 heterocycles. The smallest absolute Gasteiger partial charge is 0.295 e. The minimum absolute atomic E-state index is 0.0739. The number of anilines is 2. The Balaban J connectivity index is 1.17. The van der Waals surface area contributed by atoms with Crippen molar-refractivity contribution in [1.82, 2.24) is 15.0 Å². The van der Waals surface area contributed by atoms with Gasteiger partial charge in [-0.1, -0.05) is 42.5 Å². The second-order valence-electron chi connectivity index (χ2n) is 11.0. The molecule has 0 aliphatic carbocycles. The minimum Gasteiger partial charge on any atom is -0.594 e. The number of nitrogens with one attached hydrogen (secondary N) is 1. The Morgan fingerprint density at radius 1 is 0.956 bits per heavy atom. The molecule has 0 radical (unpaired) electrons. The molecule has 1 aliphatic rings. The van der Waals surface area contributed by atoms with E-state index in [1.54, 1.807) is 43.5 Å². The summed E-state index contributed by atoms with van der Waals surface area (Å²) >= 11 is 0. The number of hydrogen-bond acceptors (Lipinski definition) is 9. The number of hydrogen-bond donors (Lipinski definition) is 1. The van der Waals surface area contributed by atoms with Crippen LogP contribution in [0.25, 0.3) is 22.2 Å². The van der Waals surface area contributed by atoms with Crippen molar-refractivity contribution in [1.29, 1.82) is 0 Å². The monoisotopic (exact) mass is 625 g/mol. The van der Waals surface area contributed by atoms with Crippen molar-refractivity contribution in [2.45, 2.75) is 30.8 Å². The van der Waals surface area contributed by atoms with E-state index in [-0.39, 0.29) is 22.1 Å². The quantitative estimate of drug-likeness (QED) is 0.141. The zero-order valence-electron chi connectivity index (χ0n) is 25.1. The summed E-state index contributed by atoms with van der Waals surface area (Å²) in [6.07, 6.45) is 2.97. The highest BCUT2D eigenvalue weighted by molar-refractivity contribution is 7.91. The first-order valence-corrected chi connectivity index (χ1v) is 16.6. The van der Waals surface area contributed by atoms with Crippen LogP contribution < -0.4 is 19.6 Å². The highest BCUT2D eigenvalue weighted by atomic mass is 32.2. The van der Waals surface area contributed by atoms with Crippen LogP contribution >= 0.6 is 0 Å². The van der Waals surface area contributed by atoms with Gasteiger partial charge in [-0.05, 0) is 91.3 Å². The Hall–Kier alpha value is -4.74. The van der Waals surface area contributed by atoms with Gasteiger partial charge in [0.25, 0.3) is 11.5 Å². The Morgan fingerprint density at radius 2 is 1.73 bits per heavy atom. The number of rotatable bonds is 12. The van der Waals surface area contributed by atoms with Gasteiger partial charge < -0.3 is 24.9 Å². The standard InChI is InChI=1S/C34H35N5O5S/c1-43-33-23-31-32(22-30(33)26-11-7-12-28(21-26)44-24-25-9-3-2-4-10-25)39(40)37-34(36-31)35-27-13-15-29(16-14-27)45(41,42)20-8-19-38-17-5-6-18-38/h2-4,7,9-16,21-23H,5-6,8,17-20,24H2,1H3,(H,35,36,37). The van der Waals surface area contributed by atoms with Crippen LogP contribution in [0.3, 0.4) is 0 Å². The number of nitrogens with zero attached hydrogens (tertiary/aromatic N) is 4. The highest BCUT2D eigenvalue weighted by Gasteiger charge is 2.19. The fourth-order valence-electron chi connectivity index (χ4n) is 5.50. The maximum atomic E-state index is 13.1. The second kappa shape index (κ2) is 13.5. The van der Waals surface area contributed by atoms with Crippen molar-refractivity contribution in [3.8, 4) is 22.6 Å². The van der Waals surface area contributed by atoms with Gasteiger partial charge in [0.05, 0.1) is 22.9 Å². The molecule has 11 heteroatoms. The van der Waals surface area contributed by atoms with Gasteiger partial charge >= 0.3 is 0 Å². The molecule has 0 bridgehead atoms. The summed E-state index contributed by atoms with van der Waals surface area (Å²) in [5.41, 5.74) is 3.78. The molecule has 1 aliphatic heterocycles. The van der Waals surface area contributed by atoms with Crippen LogP contribution in [0.2, 0.25) is 0 Å². The second-order valence-corrected chi connectivity index (χ2v) is 13.1. The van der Waals surface area contributed by atoms with Gasteiger partial charge in [-0.3, -0.25) is 0 Å². The minimum atomic E-state index is -3.39. The fourth-order valence-corrected chi connectivity index (χ4v) is 6.79. The number of methoxy groups -OCH3 is 1. The molecule has 0 spiro atoms. The molecule has 0 unspecified atom stereocenters. The lowest BCUT2D eigenvalue weighted by Gasteiger charge is -2.14. The van der Waals surface area contributed by atoms with Crippen molar-refractivity contribution < 1.29 is 22.7 Å². The van der Waals surface area contributed by atoms with Crippen molar-refractivity contribution in [3.05, 3.63) is 102 Å². The predicted octanol–water partition coefficient (Wildman–Crippen LogP) is 5.52. The van der Waals surface area contributed by atoms with E-state index in [9.17, 15) is 13.6 Å². The molecule has 232 valence electrons. The van der Waals surface area contributed by atoms with E-state index in [1.807, 2.05) is 54.6 Å². The van der Waals surface area contributed by atoms with E-state index in [0.717, 1.165) is 30.8 Å². The normalized spacial score (nSPS) is 13.6. The number of aromatic nitrogens is 3. The molecule has 6 rings (SSSR count). The molecule has 1 aromatic heterocycles. The zero-order valence-corrected chi connectivity index (χ0v) is 25.9. The summed E-state index contributed by atoms with van der Waals surface area (Å²) in [5, 5.41) is 20.1. The van der Waals surface area contributed by atoms with Crippen LogP contribution in [-0.4, -0.2) is 55.9 Å². The lowest BCUT2D eigenvalue weighted by atomic mass is 10.0. The van der Waals surface area contributed by atoms with Crippen LogP contribution in [0, 0.1) is 5.21 Å². The maximum Gasteiger partial charge on any atom is 0.295 e. The summed E-state index contributed by atoms with van der Waals surface area (Å²) in [6.45, 7) is 3.33. The maximum absolute atomic E-state index is 13.1. The Bertz CT molecular complexity index is 1880. The number of likely N-dealkylation sites (tertiary alicyclic amines) is 1. The molecule has 1 saturated heterocycles. The van der Waals surface area contributed by atoms with E-state index in [2.05, 4.69) is 20.3 Å². The van der Waals surface area contributed by atoms with E-state index >= 15 is 0 Å². The third-order valence-corrected chi connectivity index (χ3v) is 9.68. The topological polar surface area (TPSA) is 121 Å². The fraction of sp³-hybridized carbons (Fsp3) is 0.265. The molecule has 1 fully saturated rings. The van der Waals surface area contributed by atoms with Crippen LogP contribution in [0.5, 0.6) is 11.5 Å². The van der Waals surface area contributed by atoms with Crippen LogP contribution in [0.4, 0.5) is 11.6 Å². The first kappa shape index (κ1) is 30.3. The molecule has 1 N–H and O–H groups in total. The van der Waals surface area contributed by atoms with Gasteiger partial charge in [0.2, 0.25) is 0 Å². The SMILES string of the molecule is COc1cc2nc(Nc3ccc(S(=O)(=O)CCCN4CCCC4)cc3)n[n+]([O-])c2cc1-c1cccc(OCc2ccccc2)c1. The average molecular weight is 626 g/mol. The van der Waals surface area contributed by atoms with Gasteiger partial charge in [0.15, 0.2) is 9.84 Å². The number of ether oxygens (including phenoxy) is 2. The molecular weight excluding hydrogens is 590 g/mol. The van der Waals surface area contributed by atoms with Crippen LogP contribution in [-0.2, 0) is 16.4 Å². The van der Waals surface area contributed by atoms with Gasteiger partial charge in [0, 0.05) is 23.4 Å². The largest absolute Gasteiger partial charge is 0.594 e. The first-order valence-electron chi connectivity index (χ1n) is 15.0. The van der Waals surface area contributed by atoms with Gasteiger partial charge in [-0.25, -0.2) is 13.4 Å². The lowest BCUT2D eigenvalue weighted by molar-refractivity contribution is -0.641. The first-order chi connectivity index (χ1) is 21.9. The van der Waals surface area contributed by atoms with E-state index < -0.39 is 9.84 Å². The molecule has 45 heavy (non-hydrogen) atoms. The number of sulfone groups is 1. The molecular formula is C34H35N5O5S. The third kappa shape index (κ3) is 7.33. The summed E-state index contributed by atoms with van der Waals surface area (Å²) in [6, 6.07) is 27.3. The summed E-state index contributed by atoms with van der Waals surface area (Å²) < 4.78 is 37.4. The lowest BCUT2D eigenvalue weighted by Crippen LogP contribution is -2.33. The Morgan fingerprint density at radius 3 is 2.49 bits per heavy atom.